The van der Waals surface area contributed by atoms with Gasteiger partial charge in [0.05, 0.1) is 6.20 Å². The number of carbonyl (C=O) groups is 1. The van der Waals surface area contributed by atoms with E-state index in [9.17, 15) is 4.79 Å². The molecule has 1 heterocycles. The summed E-state index contributed by atoms with van der Waals surface area (Å²) in [7, 11) is 0. The van der Waals surface area contributed by atoms with Crippen molar-refractivity contribution in [2.24, 2.45) is 0 Å². The number of carbonyl (C=O) groups excluding carboxylic acids is 1. The Morgan fingerprint density at radius 1 is 1.31 bits per heavy atom. The molecule has 1 aromatic heterocycles. The summed E-state index contributed by atoms with van der Waals surface area (Å²) in [6.07, 6.45) is 4.56. The molecule has 0 unspecified atom stereocenters. The minimum absolute atomic E-state index is 0.0822. The first-order valence-electron chi connectivity index (χ1n) is 4.76. The number of hydrogen-bond acceptors (Lipinski definition) is 3. The van der Waals surface area contributed by atoms with Gasteiger partial charge in [-0.25, -0.2) is 4.98 Å². The average molecular weight is 324 g/mol. The molecule has 0 aliphatic heterocycles. The largest absolute Gasteiger partial charge is 0.287 e. The Morgan fingerprint density at radius 2 is 2.12 bits per heavy atom. The normalized spacial score (nSPS) is 10.1. The second kappa shape index (κ2) is 4.69. The quantitative estimate of drug-likeness (QED) is 0.630. The van der Waals surface area contributed by atoms with Gasteiger partial charge in [-0.05, 0) is 41.1 Å². The number of ketones is 1. The van der Waals surface area contributed by atoms with E-state index in [1.54, 1.807) is 6.20 Å². The van der Waals surface area contributed by atoms with Gasteiger partial charge in [0.2, 0.25) is 5.78 Å². The van der Waals surface area contributed by atoms with E-state index in [-0.39, 0.29) is 5.78 Å². The average Bonchev–Trinajstić information content (AvgIpc) is 2.33. The van der Waals surface area contributed by atoms with E-state index in [2.05, 4.69) is 32.6 Å². The van der Waals surface area contributed by atoms with Crippen LogP contribution in [0.3, 0.4) is 0 Å². The number of benzene rings is 1. The van der Waals surface area contributed by atoms with E-state index in [0.29, 0.717) is 11.3 Å². The summed E-state index contributed by atoms with van der Waals surface area (Å²) in [5.74, 6) is -0.0822. The maximum Gasteiger partial charge on any atom is 0.213 e. The molecule has 16 heavy (non-hydrogen) atoms. The smallest absolute Gasteiger partial charge is 0.213 e. The minimum Gasteiger partial charge on any atom is -0.287 e. The van der Waals surface area contributed by atoms with Crippen LogP contribution < -0.4 is 0 Å². The van der Waals surface area contributed by atoms with Crippen molar-refractivity contribution in [1.82, 2.24) is 9.97 Å². The lowest BCUT2D eigenvalue weighted by Crippen LogP contribution is -2.07. The monoisotopic (exact) mass is 324 g/mol. The lowest BCUT2D eigenvalue weighted by atomic mass is 10.1. The Kier molecular flexibility index (Phi) is 3.28. The molecule has 0 fully saturated rings. The minimum atomic E-state index is -0.0822. The summed E-state index contributed by atoms with van der Waals surface area (Å²) in [6, 6.07) is 5.67. The van der Waals surface area contributed by atoms with Crippen molar-refractivity contribution in [2.75, 3.05) is 0 Å². The molecule has 0 spiro atoms. The second-order valence-corrected chi connectivity index (χ2v) is 4.43. The molecule has 0 bridgehead atoms. The number of halogens is 1. The molecule has 1 aromatic carbocycles. The van der Waals surface area contributed by atoms with Crippen LogP contribution >= 0.6 is 22.6 Å². The molecule has 0 atom stereocenters. The van der Waals surface area contributed by atoms with Gasteiger partial charge in [0.15, 0.2) is 0 Å². The zero-order valence-electron chi connectivity index (χ0n) is 8.64. The first kappa shape index (κ1) is 11.2. The molecule has 0 saturated heterocycles. The van der Waals surface area contributed by atoms with Crippen LogP contribution in [0.2, 0.25) is 0 Å². The van der Waals surface area contributed by atoms with Crippen molar-refractivity contribution in [1.29, 1.82) is 0 Å². The summed E-state index contributed by atoms with van der Waals surface area (Å²) in [5, 5.41) is 0. The number of aromatic nitrogens is 2. The van der Waals surface area contributed by atoms with Crippen molar-refractivity contribution in [2.45, 2.75) is 6.92 Å². The molecule has 0 N–H and O–H groups in total. The van der Waals surface area contributed by atoms with E-state index in [0.717, 1.165) is 9.13 Å². The van der Waals surface area contributed by atoms with Gasteiger partial charge in [-0.2, -0.15) is 0 Å². The van der Waals surface area contributed by atoms with E-state index >= 15 is 0 Å². The molecule has 2 aromatic rings. The summed E-state index contributed by atoms with van der Waals surface area (Å²) in [6.45, 7) is 1.98. The lowest BCUT2D eigenvalue weighted by molar-refractivity contribution is 0.103. The van der Waals surface area contributed by atoms with Crippen molar-refractivity contribution in [3.05, 3.63) is 57.2 Å². The van der Waals surface area contributed by atoms with Gasteiger partial charge in [-0.15, -0.1) is 0 Å². The molecule has 3 nitrogen and oxygen atoms in total. The van der Waals surface area contributed by atoms with Crippen LogP contribution in [0, 0.1) is 10.5 Å². The highest BCUT2D eigenvalue weighted by molar-refractivity contribution is 14.1. The third-order valence-corrected chi connectivity index (χ3v) is 3.66. The molecule has 0 saturated carbocycles. The van der Waals surface area contributed by atoms with Gasteiger partial charge in [0, 0.05) is 21.5 Å². The Balaban J connectivity index is 2.46. The number of nitrogens with zero attached hydrogens (tertiary/aromatic N) is 2. The molecule has 0 aliphatic carbocycles. The summed E-state index contributed by atoms with van der Waals surface area (Å²) >= 11 is 2.18. The molecule has 0 radical (unpaired) electrons. The highest BCUT2D eigenvalue weighted by Gasteiger charge is 2.14. The van der Waals surface area contributed by atoms with Gasteiger partial charge < -0.3 is 0 Å². The van der Waals surface area contributed by atoms with Gasteiger partial charge in [0.25, 0.3) is 0 Å². The second-order valence-electron chi connectivity index (χ2n) is 3.36. The first-order valence-corrected chi connectivity index (χ1v) is 5.84. The van der Waals surface area contributed by atoms with Crippen LogP contribution in [0.4, 0.5) is 0 Å². The van der Waals surface area contributed by atoms with E-state index in [1.807, 2.05) is 25.1 Å². The Hall–Kier alpha value is -1.30. The Morgan fingerprint density at radius 3 is 2.81 bits per heavy atom. The topological polar surface area (TPSA) is 42.9 Å². The first-order chi connectivity index (χ1) is 7.70. The fraction of sp³-hybridized carbons (Fsp3) is 0.0833. The van der Waals surface area contributed by atoms with Gasteiger partial charge >= 0.3 is 0 Å². The van der Waals surface area contributed by atoms with Crippen LogP contribution in [-0.4, -0.2) is 15.8 Å². The van der Waals surface area contributed by atoms with E-state index < -0.39 is 0 Å². The van der Waals surface area contributed by atoms with Gasteiger partial charge in [-0.3, -0.25) is 9.78 Å². The van der Waals surface area contributed by atoms with Crippen molar-refractivity contribution < 1.29 is 4.79 Å². The van der Waals surface area contributed by atoms with Crippen LogP contribution in [0.25, 0.3) is 0 Å². The van der Waals surface area contributed by atoms with Crippen LogP contribution in [0.1, 0.15) is 21.6 Å². The van der Waals surface area contributed by atoms with Crippen molar-refractivity contribution in [3.63, 3.8) is 0 Å². The standard InChI is InChI=1S/C12H9IN2O/c1-8-3-2-4-9(11(8)13)12(16)10-7-14-5-6-15-10/h2-7H,1H3. The SMILES string of the molecule is Cc1cccc(C(=O)c2cnccn2)c1I. The number of hydrogen-bond donors (Lipinski definition) is 0. The molecule has 0 amide bonds. The molecular weight excluding hydrogens is 315 g/mol. The van der Waals surface area contributed by atoms with Crippen LogP contribution in [0.5, 0.6) is 0 Å². The number of aryl methyl sites for hydroxylation is 1. The maximum atomic E-state index is 12.1. The zero-order chi connectivity index (χ0) is 11.5. The van der Waals surface area contributed by atoms with E-state index in [4.69, 9.17) is 0 Å². The van der Waals surface area contributed by atoms with Crippen LogP contribution in [0.15, 0.2) is 36.8 Å². The van der Waals surface area contributed by atoms with Crippen molar-refractivity contribution in [3.8, 4) is 0 Å². The highest BCUT2D eigenvalue weighted by atomic mass is 127. The van der Waals surface area contributed by atoms with Gasteiger partial charge in [-0.1, -0.05) is 12.1 Å². The van der Waals surface area contributed by atoms with Crippen molar-refractivity contribution >= 4 is 28.4 Å². The maximum absolute atomic E-state index is 12.1. The van der Waals surface area contributed by atoms with Crippen LogP contribution in [-0.2, 0) is 0 Å². The highest BCUT2D eigenvalue weighted by Crippen LogP contribution is 2.18. The number of rotatable bonds is 2. The molecule has 0 aliphatic rings. The zero-order valence-corrected chi connectivity index (χ0v) is 10.8. The summed E-state index contributed by atoms with van der Waals surface area (Å²) in [4.78, 5) is 20.0. The summed E-state index contributed by atoms with van der Waals surface area (Å²) in [5.41, 5.74) is 2.16. The summed E-state index contributed by atoms with van der Waals surface area (Å²) < 4.78 is 0.968. The Bertz CT molecular complexity index is 526. The molecule has 4 heteroatoms. The fourth-order valence-electron chi connectivity index (χ4n) is 1.38. The fourth-order valence-corrected chi connectivity index (χ4v) is 1.98. The predicted molar refractivity (Wildman–Crippen MR) is 69.4 cm³/mol. The predicted octanol–water partition coefficient (Wildman–Crippen LogP) is 2.62. The molecular formula is C12H9IN2O. The lowest BCUT2D eigenvalue weighted by Gasteiger charge is -2.05. The molecule has 80 valence electrons. The van der Waals surface area contributed by atoms with Gasteiger partial charge in [0.1, 0.15) is 5.69 Å². The molecule has 2 rings (SSSR count). The Labute approximate surface area is 107 Å². The van der Waals surface area contributed by atoms with E-state index in [1.165, 1.54) is 12.4 Å². The third-order valence-electron chi connectivity index (χ3n) is 2.23. The third kappa shape index (κ3) is 2.11.